The first-order valence-corrected chi connectivity index (χ1v) is 5.87. The molecule has 0 fully saturated rings. The number of hydrogen-bond donors (Lipinski definition) is 2. The zero-order valence-electron chi connectivity index (χ0n) is 10.3. The van der Waals surface area contributed by atoms with Crippen molar-refractivity contribution in [2.45, 2.75) is 19.8 Å². The van der Waals surface area contributed by atoms with Gasteiger partial charge in [-0.3, -0.25) is 0 Å². The highest BCUT2D eigenvalue weighted by Crippen LogP contribution is 1.84. The maximum atomic E-state index is 5.39. The van der Waals surface area contributed by atoms with Gasteiger partial charge in [0.05, 0.1) is 19.8 Å². The summed E-state index contributed by atoms with van der Waals surface area (Å²) in [7, 11) is 0. The van der Waals surface area contributed by atoms with E-state index < -0.39 is 0 Å². The lowest BCUT2D eigenvalue weighted by molar-refractivity contribution is 0.131. The molecule has 0 spiro atoms. The molecule has 94 valence electrons. The molecule has 0 aliphatic heterocycles. The minimum atomic E-state index is 0.592. The van der Waals surface area contributed by atoms with Crippen LogP contribution in [0.2, 0.25) is 0 Å². The molecule has 0 aromatic heterocycles. The summed E-state index contributed by atoms with van der Waals surface area (Å²) in [6, 6.07) is 0. The fourth-order valence-corrected chi connectivity index (χ4v) is 1.10. The van der Waals surface area contributed by atoms with Crippen molar-refractivity contribution < 1.29 is 9.47 Å². The minimum Gasteiger partial charge on any atom is -0.380 e. The Kier molecular flexibility index (Phi) is 13.9. The third-order valence-corrected chi connectivity index (χ3v) is 1.88. The van der Waals surface area contributed by atoms with E-state index in [4.69, 9.17) is 15.2 Å². The Morgan fingerprint density at radius 3 is 2.62 bits per heavy atom. The van der Waals surface area contributed by atoms with Crippen LogP contribution in [-0.4, -0.2) is 46.1 Å². The van der Waals surface area contributed by atoms with E-state index in [1.807, 2.05) is 6.92 Å². The summed E-state index contributed by atoms with van der Waals surface area (Å²) in [5.74, 6) is 5.80. The van der Waals surface area contributed by atoms with Crippen molar-refractivity contribution in [3.63, 3.8) is 0 Å². The molecule has 4 heteroatoms. The second-order valence-electron chi connectivity index (χ2n) is 3.29. The molecule has 0 amide bonds. The molecule has 0 saturated heterocycles. The first kappa shape index (κ1) is 15.4. The maximum absolute atomic E-state index is 5.39. The minimum absolute atomic E-state index is 0.592. The van der Waals surface area contributed by atoms with Crippen LogP contribution < -0.4 is 11.1 Å². The molecular formula is C12H24N2O2. The zero-order chi connectivity index (χ0) is 11.9. The van der Waals surface area contributed by atoms with Gasteiger partial charge < -0.3 is 20.5 Å². The van der Waals surface area contributed by atoms with Crippen molar-refractivity contribution in [2.75, 3.05) is 46.1 Å². The van der Waals surface area contributed by atoms with Gasteiger partial charge in [-0.25, -0.2) is 0 Å². The second kappa shape index (κ2) is 14.4. The average molecular weight is 228 g/mol. The maximum Gasteiger partial charge on any atom is 0.0591 e. The summed E-state index contributed by atoms with van der Waals surface area (Å²) in [6.07, 6.45) is 1.85. The van der Waals surface area contributed by atoms with Gasteiger partial charge in [0, 0.05) is 26.1 Å². The van der Waals surface area contributed by atoms with Crippen molar-refractivity contribution in [2.24, 2.45) is 5.73 Å². The zero-order valence-corrected chi connectivity index (χ0v) is 10.3. The van der Waals surface area contributed by atoms with E-state index in [-0.39, 0.29) is 0 Å². The summed E-state index contributed by atoms with van der Waals surface area (Å²) in [5, 5.41) is 3.27. The molecule has 0 heterocycles. The monoisotopic (exact) mass is 228 g/mol. The predicted molar refractivity (Wildman–Crippen MR) is 66.2 cm³/mol. The summed E-state index contributed by atoms with van der Waals surface area (Å²) in [5.41, 5.74) is 5.29. The second-order valence-corrected chi connectivity index (χ2v) is 3.29. The van der Waals surface area contributed by atoms with Gasteiger partial charge in [0.25, 0.3) is 0 Å². The normalized spacial score (nSPS) is 9.88. The van der Waals surface area contributed by atoms with Crippen molar-refractivity contribution in [1.82, 2.24) is 5.32 Å². The smallest absolute Gasteiger partial charge is 0.0591 e. The predicted octanol–water partition coefficient (Wildman–Crippen LogP) is 0.371. The number of ether oxygens (including phenoxy) is 2. The van der Waals surface area contributed by atoms with Crippen LogP contribution >= 0.6 is 0 Å². The molecule has 3 N–H and O–H groups in total. The topological polar surface area (TPSA) is 56.5 Å². The largest absolute Gasteiger partial charge is 0.380 e. The van der Waals surface area contributed by atoms with E-state index in [0.29, 0.717) is 13.2 Å². The van der Waals surface area contributed by atoms with Crippen molar-refractivity contribution in [3.8, 4) is 11.8 Å². The highest BCUT2D eigenvalue weighted by atomic mass is 16.5. The van der Waals surface area contributed by atoms with Crippen molar-refractivity contribution >= 4 is 0 Å². The standard InChI is InChI=1S/C12H24N2O2/c1-2-3-4-9-15-10-5-7-14-8-12-16-11-6-13/h14H,4-13H2,1H3. The van der Waals surface area contributed by atoms with Gasteiger partial charge in [0.2, 0.25) is 0 Å². The number of hydrogen-bond acceptors (Lipinski definition) is 4. The van der Waals surface area contributed by atoms with Crippen LogP contribution in [0.4, 0.5) is 0 Å². The van der Waals surface area contributed by atoms with Gasteiger partial charge in [-0.2, -0.15) is 0 Å². The molecule has 0 aliphatic rings. The molecule has 0 aromatic rings. The van der Waals surface area contributed by atoms with Crippen LogP contribution in [0.15, 0.2) is 0 Å². The van der Waals surface area contributed by atoms with Gasteiger partial charge in [-0.05, 0) is 19.9 Å². The van der Waals surface area contributed by atoms with Crippen LogP contribution in [0.5, 0.6) is 0 Å². The molecular weight excluding hydrogens is 204 g/mol. The Bertz CT molecular complexity index is 187. The van der Waals surface area contributed by atoms with Crippen LogP contribution in [0.1, 0.15) is 19.8 Å². The van der Waals surface area contributed by atoms with Crippen LogP contribution in [0.25, 0.3) is 0 Å². The quantitative estimate of drug-likeness (QED) is 0.396. The molecule has 0 aliphatic carbocycles. The number of nitrogens with two attached hydrogens (primary N) is 1. The third kappa shape index (κ3) is 13.4. The Hall–Kier alpha value is -0.600. The molecule has 0 aromatic carbocycles. The van der Waals surface area contributed by atoms with Crippen molar-refractivity contribution in [1.29, 1.82) is 0 Å². The van der Waals surface area contributed by atoms with E-state index >= 15 is 0 Å². The van der Waals surface area contributed by atoms with Crippen LogP contribution in [0, 0.1) is 11.8 Å². The van der Waals surface area contributed by atoms with E-state index in [9.17, 15) is 0 Å². The molecule has 4 nitrogen and oxygen atoms in total. The van der Waals surface area contributed by atoms with Gasteiger partial charge in [0.15, 0.2) is 0 Å². The lowest BCUT2D eigenvalue weighted by Crippen LogP contribution is -2.23. The van der Waals surface area contributed by atoms with E-state index in [0.717, 1.165) is 45.8 Å². The van der Waals surface area contributed by atoms with Crippen LogP contribution in [-0.2, 0) is 9.47 Å². The van der Waals surface area contributed by atoms with Crippen LogP contribution in [0.3, 0.4) is 0 Å². The fourth-order valence-electron chi connectivity index (χ4n) is 1.10. The lowest BCUT2D eigenvalue weighted by Gasteiger charge is -2.05. The highest BCUT2D eigenvalue weighted by molar-refractivity contribution is 4.94. The molecule has 16 heavy (non-hydrogen) atoms. The number of rotatable bonds is 11. The van der Waals surface area contributed by atoms with E-state index in [2.05, 4.69) is 17.2 Å². The molecule has 0 radical (unpaired) electrons. The van der Waals surface area contributed by atoms with Gasteiger partial charge in [0.1, 0.15) is 0 Å². The molecule has 0 unspecified atom stereocenters. The summed E-state index contributed by atoms with van der Waals surface area (Å²) < 4.78 is 10.6. The summed E-state index contributed by atoms with van der Waals surface area (Å²) in [6.45, 7) is 7.17. The summed E-state index contributed by atoms with van der Waals surface area (Å²) in [4.78, 5) is 0. The third-order valence-electron chi connectivity index (χ3n) is 1.88. The first-order valence-electron chi connectivity index (χ1n) is 5.87. The number of nitrogens with one attached hydrogen (secondary N) is 1. The highest BCUT2D eigenvalue weighted by Gasteiger charge is 1.90. The summed E-state index contributed by atoms with van der Waals surface area (Å²) >= 11 is 0. The fraction of sp³-hybridized carbons (Fsp3) is 0.833. The Labute approximate surface area is 98.9 Å². The SMILES string of the molecule is CC#CCCOCCCNCCOCCN. The van der Waals surface area contributed by atoms with E-state index in [1.54, 1.807) is 0 Å². The molecule has 0 atom stereocenters. The van der Waals surface area contributed by atoms with Gasteiger partial charge in [-0.1, -0.05) is 0 Å². The Morgan fingerprint density at radius 2 is 1.88 bits per heavy atom. The lowest BCUT2D eigenvalue weighted by atomic mass is 10.4. The Balaban J connectivity index is 2.89. The molecule has 0 saturated carbocycles. The van der Waals surface area contributed by atoms with Crippen molar-refractivity contribution in [3.05, 3.63) is 0 Å². The molecule has 0 rings (SSSR count). The van der Waals surface area contributed by atoms with Gasteiger partial charge in [-0.15, -0.1) is 11.8 Å². The van der Waals surface area contributed by atoms with E-state index in [1.165, 1.54) is 0 Å². The van der Waals surface area contributed by atoms with Gasteiger partial charge >= 0.3 is 0 Å². The average Bonchev–Trinajstić information content (AvgIpc) is 2.31. The Morgan fingerprint density at radius 1 is 1.06 bits per heavy atom. The first-order chi connectivity index (χ1) is 7.91. The molecule has 0 bridgehead atoms.